The average molecular weight is 246 g/mol. The molecule has 1 aliphatic carbocycles. The van der Waals surface area contributed by atoms with Crippen LogP contribution in [-0.2, 0) is 11.3 Å². The van der Waals surface area contributed by atoms with Gasteiger partial charge in [-0.3, -0.25) is 4.79 Å². The van der Waals surface area contributed by atoms with Crippen LogP contribution in [0.5, 0.6) is 0 Å². The number of amides is 1. The van der Waals surface area contributed by atoms with E-state index in [1.165, 1.54) is 0 Å². The molecule has 1 fully saturated rings. The Morgan fingerprint density at radius 3 is 2.75 bits per heavy atom. The maximum absolute atomic E-state index is 11.8. The summed E-state index contributed by atoms with van der Waals surface area (Å²) in [7, 11) is 1.74. The zero-order valence-corrected chi connectivity index (χ0v) is 10.2. The molecule has 0 bridgehead atoms. The van der Waals surface area contributed by atoms with E-state index in [0.29, 0.717) is 6.54 Å². The van der Waals surface area contributed by atoms with E-state index >= 15 is 0 Å². The first kappa shape index (κ1) is 13.0. The Morgan fingerprint density at radius 1 is 1.69 bits per heavy atom. The van der Waals surface area contributed by atoms with Gasteiger partial charge in [0.05, 0.1) is 12.1 Å². The van der Waals surface area contributed by atoms with E-state index in [1.54, 1.807) is 11.9 Å². The molecule has 0 aromatic carbocycles. The first-order valence-corrected chi connectivity index (χ1v) is 4.98. The Bertz CT molecular complexity index is 387. The molecule has 0 atom stereocenters. The molecule has 1 aromatic rings. The minimum Gasteiger partial charge on any atom is -0.361 e. The van der Waals surface area contributed by atoms with Gasteiger partial charge in [0, 0.05) is 13.1 Å². The molecule has 2 rings (SSSR count). The summed E-state index contributed by atoms with van der Waals surface area (Å²) >= 11 is 0. The number of aryl methyl sites for hydroxylation is 1. The zero-order chi connectivity index (χ0) is 11.1. The maximum atomic E-state index is 11.8. The van der Waals surface area contributed by atoms with Gasteiger partial charge in [-0.2, -0.15) is 0 Å². The summed E-state index contributed by atoms with van der Waals surface area (Å²) < 4.78 is 4.93. The van der Waals surface area contributed by atoms with Crippen molar-refractivity contribution in [3.63, 3.8) is 0 Å². The normalized spacial score (nSPS) is 16.4. The lowest BCUT2D eigenvalue weighted by Crippen LogP contribution is -2.43. The minimum atomic E-state index is -0.604. The number of rotatable bonds is 3. The van der Waals surface area contributed by atoms with Crippen molar-refractivity contribution in [2.24, 2.45) is 5.73 Å². The van der Waals surface area contributed by atoms with Gasteiger partial charge in [0.25, 0.3) is 0 Å². The molecule has 1 aromatic heterocycles. The Balaban J connectivity index is 0.00000128. The fraction of sp³-hybridized carbons (Fsp3) is 0.600. The molecule has 0 aliphatic heterocycles. The van der Waals surface area contributed by atoms with Crippen molar-refractivity contribution in [3.8, 4) is 0 Å². The van der Waals surface area contributed by atoms with E-state index in [4.69, 9.17) is 10.3 Å². The highest BCUT2D eigenvalue weighted by Crippen LogP contribution is 2.34. The number of halogens is 1. The standard InChI is InChI=1S/C10H15N3O2.ClH/c1-7-5-8(12-15-7)6-13(2)9(14)10(11)3-4-10;/h5H,3-4,6,11H2,1-2H3;1H. The van der Waals surface area contributed by atoms with Gasteiger partial charge in [0.1, 0.15) is 11.5 Å². The number of nitrogens with two attached hydrogens (primary N) is 1. The highest BCUT2D eigenvalue weighted by molar-refractivity contribution is 5.88. The fourth-order valence-corrected chi connectivity index (χ4v) is 1.54. The van der Waals surface area contributed by atoms with Crippen LogP contribution < -0.4 is 5.73 Å². The molecular weight excluding hydrogens is 230 g/mol. The molecule has 1 aliphatic rings. The summed E-state index contributed by atoms with van der Waals surface area (Å²) in [5.41, 5.74) is 5.97. The van der Waals surface area contributed by atoms with Gasteiger partial charge >= 0.3 is 0 Å². The number of hydrogen-bond donors (Lipinski definition) is 1. The van der Waals surface area contributed by atoms with Crippen molar-refractivity contribution in [3.05, 3.63) is 17.5 Å². The number of carbonyl (C=O) groups is 1. The highest BCUT2D eigenvalue weighted by atomic mass is 35.5. The second kappa shape index (κ2) is 4.43. The molecule has 2 N–H and O–H groups in total. The summed E-state index contributed by atoms with van der Waals surface area (Å²) in [6.45, 7) is 2.28. The largest absolute Gasteiger partial charge is 0.361 e. The minimum absolute atomic E-state index is 0. The molecule has 0 saturated heterocycles. The molecule has 1 saturated carbocycles. The van der Waals surface area contributed by atoms with Gasteiger partial charge in [0.2, 0.25) is 5.91 Å². The Hall–Kier alpha value is -1.07. The number of nitrogens with zero attached hydrogens (tertiary/aromatic N) is 2. The van der Waals surface area contributed by atoms with Crippen LogP contribution in [0.4, 0.5) is 0 Å². The van der Waals surface area contributed by atoms with Crippen LogP contribution in [0.1, 0.15) is 24.3 Å². The lowest BCUT2D eigenvalue weighted by atomic mass is 10.2. The van der Waals surface area contributed by atoms with Crippen LogP contribution >= 0.6 is 12.4 Å². The van der Waals surface area contributed by atoms with E-state index in [1.807, 2.05) is 13.0 Å². The predicted molar refractivity (Wildman–Crippen MR) is 61.1 cm³/mol. The molecule has 5 nitrogen and oxygen atoms in total. The molecule has 0 spiro atoms. The third kappa shape index (κ3) is 2.54. The topological polar surface area (TPSA) is 72.4 Å². The predicted octanol–water partition coefficient (Wildman–Crippen LogP) is 0.855. The van der Waals surface area contributed by atoms with E-state index in [-0.39, 0.29) is 18.3 Å². The molecule has 0 radical (unpaired) electrons. The first-order chi connectivity index (χ1) is 7.01. The van der Waals surface area contributed by atoms with Gasteiger partial charge in [-0.25, -0.2) is 0 Å². The van der Waals surface area contributed by atoms with Crippen LogP contribution in [0.15, 0.2) is 10.6 Å². The van der Waals surface area contributed by atoms with Gasteiger partial charge in [-0.15, -0.1) is 12.4 Å². The highest BCUT2D eigenvalue weighted by Gasteiger charge is 2.47. The summed E-state index contributed by atoms with van der Waals surface area (Å²) in [5, 5.41) is 3.83. The van der Waals surface area contributed by atoms with E-state index in [0.717, 1.165) is 24.3 Å². The van der Waals surface area contributed by atoms with Gasteiger partial charge < -0.3 is 15.2 Å². The number of likely N-dealkylation sites (N-methyl/N-ethyl adjacent to an activating group) is 1. The van der Waals surface area contributed by atoms with Crippen molar-refractivity contribution in [2.75, 3.05) is 7.05 Å². The summed E-state index contributed by atoms with van der Waals surface area (Å²) in [4.78, 5) is 13.4. The Labute approximate surface area is 100 Å². The van der Waals surface area contributed by atoms with Crippen molar-refractivity contribution < 1.29 is 9.32 Å². The monoisotopic (exact) mass is 245 g/mol. The van der Waals surface area contributed by atoms with E-state index in [2.05, 4.69) is 5.16 Å². The van der Waals surface area contributed by atoms with Gasteiger partial charge in [-0.05, 0) is 19.8 Å². The maximum Gasteiger partial charge on any atom is 0.242 e. The SMILES string of the molecule is Cc1cc(CN(C)C(=O)C2(N)CC2)no1.Cl. The number of aromatic nitrogens is 1. The van der Waals surface area contributed by atoms with Crippen molar-refractivity contribution in [1.29, 1.82) is 0 Å². The van der Waals surface area contributed by atoms with E-state index < -0.39 is 5.54 Å². The summed E-state index contributed by atoms with van der Waals surface area (Å²) in [6.07, 6.45) is 1.57. The molecule has 1 amide bonds. The van der Waals surface area contributed by atoms with Crippen LogP contribution in [0.3, 0.4) is 0 Å². The van der Waals surface area contributed by atoms with Crippen molar-refractivity contribution in [2.45, 2.75) is 31.8 Å². The number of hydrogen-bond acceptors (Lipinski definition) is 4. The van der Waals surface area contributed by atoms with Crippen molar-refractivity contribution >= 4 is 18.3 Å². The molecular formula is C10H16ClN3O2. The Kier molecular flexibility index (Phi) is 3.60. The van der Waals surface area contributed by atoms with Gasteiger partial charge in [0.15, 0.2) is 0 Å². The molecule has 6 heteroatoms. The lowest BCUT2D eigenvalue weighted by molar-refractivity contribution is -0.132. The smallest absolute Gasteiger partial charge is 0.242 e. The lowest BCUT2D eigenvalue weighted by Gasteiger charge is -2.19. The first-order valence-electron chi connectivity index (χ1n) is 4.98. The van der Waals surface area contributed by atoms with Crippen LogP contribution in [0.25, 0.3) is 0 Å². The second-order valence-corrected chi connectivity index (χ2v) is 4.25. The third-order valence-electron chi connectivity index (χ3n) is 2.64. The summed E-state index contributed by atoms with van der Waals surface area (Å²) in [6, 6.07) is 1.82. The summed E-state index contributed by atoms with van der Waals surface area (Å²) in [5.74, 6) is 0.739. The van der Waals surface area contributed by atoms with Crippen LogP contribution in [0.2, 0.25) is 0 Å². The number of carbonyl (C=O) groups excluding carboxylic acids is 1. The molecule has 16 heavy (non-hydrogen) atoms. The van der Waals surface area contributed by atoms with Crippen LogP contribution in [-0.4, -0.2) is 28.6 Å². The van der Waals surface area contributed by atoms with Gasteiger partial charge in [-0.1, -0.05) is 5.16 Å². The average Bonchev–Trinajstić information content (AvgIpc) is 2.80. The second-order valence-electron chi connectivity index (χ2n) is 4.25. The molecule has 0 unspecified atom stereocenters. The Morgan fingerprint density at radius 2 is 2.31 bits per heavy atom. The quantitative estimate of drug-likeness (QED) is 0.857. The van der Waals surface area contributed by atoms with Crippen LogP contribution in [0, 0.1) is 6.92 Å². The van der Waals surface area contributed by atoms with E-state index in [9.17, 15) is 4.79 Å². The fourth-order valence-electron chi connectivity index (χ4n) is 1.54. The third-order valence-corrected chi connectivity index (χ3v) is 2.64. The zero-order valence-electron chi connectivity index (χ0n) is 9.40. The van der Waals surface area contributed by atoms with Crippen molar-refractivity contribution in [1.82, 2.24) is 10.1 Å². The molecule has 90 valence electrons. The molecule has 1 heterocycles.